The molecule has 3 rings (SSSR count). The number of methoxy groups -OCH3 is 3. The molecule has 7 heteroatoms. The minimum atomic E-state index is -0.242. The third kappa shape index (κ3) is 3.37. The summed E-state index contributed by atoms with van der Waals surface area (Å²) in [5.41, 5.74) is 2.58. The summed E-state index contributed by atoms with van der Waals surface area (Å²) in [6.07, 6.45) is 0. The average Bonchev–Trinajstić information content (AvgIpc) is 2.65. The van der Waals surface area contributed by atoms with Crippen LogP contribution in [0, 0.1) is 0 Å². The molecule has 0 saturated heterocycles. The van der Waals surface area contributed by atoms with E-state index in [4.69, 9.17) is 14.2 Å². The van der Waals surface area contributed by atoms with Crippen LogP contribution in [0.2, 0.25) is 0 Å². The highest BCUT2D eigenvalue weighted by atomic mass is 16.5. The van der Waals surface area contributed by atoms with Crippen LogP contribution >= 0.6 is 0 Å². The van der Waals surface area contributed by atoms with Gasteiger partial charge in [-0.25, -0.2) is 4.98 Å². The van der Waals surface area contributed by atoms with E-state index >= 15 is 0 Å². The number of anilines is 1. The number of hydrogen-bond acceptors (Lipinski definition) is 6. The van der Waals surface area contributed by atoms with E-state index in [1.54, 1.807) is 14.2 Å². The van der Waals surface area contributed by atoms with Crippen LogP contribution in [0.1, 0.15) is 6.92 Å². The molecule has 0 saturated carbocycles. The Morgan fingerprint density at radius 1 is 0.885 bits per heavy atom. The zero-order chi connectivity index (χ0) is 18.7. The van der Waals surface area contributed by atoms with E-state index in [9.17, 15) is 4.79 Å². The Kier molecular flexibility index (Phi) is 4.88. The van der Waals surface area contributed by atoms with Crippen molar-refractivity contribution in [2.24, 2.45) is 0 Å². The first-order valence-electron chi connectivity index (χ1n) is 7.91. The summed E-state index contributed by atoms with van der Waals surface area (Å²) in [6, 6.07) is 11.4. The van der Waals surface area contributed by atoms with Crippen molar-refractivity contribution in [3.63, 3.8) is 0 Å². The fourth-order valence-electron chi connectivity index (χ4n) is 2.66. The van der Waals surface area contributed by atoms with E-state index in [-0.39, 0.29) is 11.9 Å². The van der Waals surface area contributed by atoms with Gasteiger partial charge in [0.2, 0.25) is 17.7 Å². The lowest BCUT2D eigenvalue weighted by atomic mass is 10.0. The fraction of sp³-hybridized carbons (Fsp3) is 0.211. The smallest absolute Gasteiger partial charge is 0.233 e. The Balaban J connectivity index is 2.10. The van der Waals surface area contributed by atoms with Crippen molar-refractivity contribution >= 4 is 22.8 Å². The Labute approximate surface area is 150 Å². The summed E-state index contributed by atoms with van der Waals surface area (Å²) in [5, 5.41) is 3.32. The van der Waals surface area contributed by atoms with Crippen LogP contribution in [0.3, 0.4) is 0 Å². The zero-order valence-corrected chi connectivity index (χ0v) is 15.0. The molecule has 1 amide bonds. The van der Waals surface area contributed by atoms with Gasteiger partial charge in [0.15, 0.2) is 11.5 Å². The van der Waals surface area contributed by atoms with Gasteiger partial charge in [0.05, 0.1) is 32.2 Å². The summed E-state index contributed by atoms with van der Waals surface area (Å²) in [7, 11) is 4.73. The highest BCUT2D eigenvalue weighted by Crippen LogP contribution is 2.34. The first kappa shape index (κ1) is 17.5. The Morgan fingerprint density at radius 3 is 2.23 bits per heavy atom. The molecule has 134 valence electrons. The monoisotopic (exact) mass is 353 g/mol. The lowest BCUT2D eigenvalue weighted by Crippen LogP contribution is -2.10. The molecule has 0 bridgehead atoms. The maximum atomic E-state index is 11.2. The number of amides is 1. The van der Waals surface area contributed by atoms with Crippen LogP contribution < -0.4 is 19.5 Å². The molecule has 0 atom stereocenters. The second-order valence-corrected chi connectivity index (χ2v) is 5.54. The van der Waals surface area contributed by atoms with E-state index in [1.165, 1.54) is 14.0 Å². The van der Waals surface area contributed by atoms with E-state index < -0.39 is 0 Å². The second kappa shape index (κ2) is 7.26. The summed E-state index contributed by atoms with van der Waals surface area (Å²) in [5.74, 6) is 1.67. The molecule has 0 aliphatic carbocycles. The maximum absolute atomic E-state index is 11.2. The van der Waals surface area contributed by atoms with Crippen LogP contribution in [0.5, 0.6) is 17.4 Å². The number of hydrogen-bond donors (Lipinski definition) is 1. The summed E-state index contributed by atoms with van der Waals surface area (Å²) in [6.45, 7) is 1.40. The number of benzene rings is 2. The maximum Gasteiger partial charge on any atom is 0.233 e. The first-order valence-corrected chi connectivity index (χ1v) is 7.91. The van der Waals surface area contributed by atoms with Gasteiger partial charge in [-0.05, 0) is 35.4 Å². The number of rotatable bonds is 5. The molecule has 1 aromatic heterocycles. The van der Waals surface area contributed by atoms with Crippen molar-refractivity contribution < 1.29 is 19.0 Å². The lowest BCUT2D eigenvalue weighted by molar-refractivity contribution is -0.114. The minimum Gasteiger partial charge on any atom is -0.493 e. The molecule has 0 aliphatic rings. The Hall–Kier alpha value is -3.35. The number of nitrogens with zero attached hydrogens (tertiary/aromatic N) is 2. The van der Waals surface area contributed by atoms with Gasteiger partial charge >= 0.3 is 0 Å². The molecule has 0 fully saturated rings. The topological polar surface area (TPSA) is 82.6 Å². The minimum absolute atomic E-state index is 0.209. The first-order chi connectivity index (χ1) is 12.5. The molecule has 0 radical (unpaired) electrons. The van der Waals surface area contributed by atoms with Gasteiger partial charge in [-0.1, -0.05) is 12.1 Å². The number of carbonyl (C=O) groups excluding carboxylic acids is 1. The summed E-state index contributed by atoms with van der Waals surface area (Å²) >= 11 is 0. The molecule has 0 unspecified atom stereocenters. The predicted molar refractivity (Wildman–Crippen MR) is 98.9 cm³/mol. The van der Waals surface area contributed by atoms with Gasteiger partial charge in [0.25, 0.3) is 0 Å². The van der Waals surface area contributed by atoms with E-state index in [1.807, 2.05) is 36.4 Å². The fourth-order valence-corrected chi connectivity index (χ4v) is 2.66. The Bertz CT molecular complexity index is 972. The van der Waals surface area contributed by atoms with Crippen LogP contribution in [0.25, 0.3) is 22.0 Å². The zero-order valence-electron chi connectivity index (χ0n) is 15.0. The molecule has 0 spiro atoms. The van der Waals surface area contributed by atoms with Crippen molar-refractivity contribution in [1.82, 2.24) is 9.97 Å². The summed E-state index contributed by atoms with van der Waals surface area (Å²) < 4.78 is 16.0. The highest BCUT2D eigenvalue weighted by molar-refractivity contribution is 5.92. The van der Waals surface area contributed by atoms with Crippen LogP contribution in [-0.4, -0.2) is 37.2 Å². The van der Waals surface area contributed by atoms with E-state index in [0.717, 1.165) is 16.5 Å². The van der Waals surface area contributed by atoms with Gasteiger partial charge < -0.3 is 14.2 Å². The van der Waals surface area contributed by atoms with Crippen LogP contribution in [0.4, 0.5) is 5.95 Å². The van der Waals surface area contributed by atoms with Crippen molar-refractivity contribution in [3.8, 4) is 28.5 Å². The molecule has 1 N–H and O–H groups in total. The number of carbonyl (C=O) groups is 1. The van der Waals surface area contributed by atoms with Crippen LogP contribution in [0.15, 0.2) is 36.4 Å². The highest BCUT2D eigenvalue weighted by Gasteiger charge is 2.12. The predicted octanol–water partition coefficient (Wildman–Crippen LogP) is 3.28. The van der Waals surface area contributed by atoms with Gasteiger partial charge in [-0.2, -0.15) is 4.98 Å². The SMILES string of the molecule is COc1ccc(-c2ccc3nc(NC(C)=O)nc(OC)c3c2)cc1OC. The number of ether oxygens (including phenoxy) is 3. The van der Waals surface area contributed by atoms with Gasteiger partial charge in [0.1, 0.15) is 0 Å². The van der Waals surface area contributed by atoms with Crippen molar-refractivity contribution in [3.05, 3.63) is 36.4 Å². The third-order valence-electron chi connectivity index (χ3n) is 3.86. The largest absolute Gasteiger partial charge is 0.493 e. The number of fused-ring (bicyclic) bond motifs is 1. The Morgan fingerprint density at radius 2 is 1.58 bits per heavy atom. The molecular formula is C19H19N3O4. The quantitative estimate of drug-likeness (QED) is 0.758. The lowest BCUT2D eigenvalue weighted by Gasteiger charge is -2.11. The summed E-state index contributed by atoms with van der Waals surface area (Å²) in [4.78, 5) is 19.8. The standard InChI is InChI=1S/C19H19N3O4/c1-11(23)20-19-21-15-7-5-12(9-14(15)18(22-19)26-4)13-6-8-16(24-2)17(10-13)25-3/h5-10H,1-4H3,(H,20,21,22,23). The molecule has 0 aliphatic heterocycles. The van der Waals surface area contributed by atoms with Gasteiger partial charge in [-0.3, -0.25) is 10.1 Å². The second-order valence-electron chi connectivity index (χ2n) is 5.54. The molecule has 7 nitrogen and oxygen atoms in total. The van der Waals surface area contributed by atoms with Crippen molar-refractivity contribution in [1.29, 1.82) is 0 Å². The third-order valence-corrected chi connectivity index (χ3v) is 3.86. The molecule has 2 aromatic carbocycles. The van der Waals surface area contributed by atoms with Gasteiger partial charge in [-0.15, -0.1) is 0 Å². The number of aromatic nitrogens is 2. The average molecular weight is 353 g/mol. The normalized spacial score (nSPS) is 10.5. The van der Waals surface area contributed by atoms with E-state index in [2.05, 4.69) is 15.3 Å². The van der Waals surface area contributed by atoms with Crippen LogP contribution in [-0.2, 0) is 4.79 Å². The van der Waals surface area contributed by atoms with E-state index in [0.29, 0.717) is 22.9 Å². The molecular weight excluding hydrogens is 334 g/mol. The van der Waals surface area contributed by atoms with Gasteiger partial charge in [0, 0.05) is 6.92 Å². The van der Waals surface area contributed by atoms with Crippen molar-refractivity contribution in [2.75, 3.05) is 26.6 Å². The number of nitrogens with one attached hydrogen (secondary N) is 1. The molecule has 1 heterocycles. The van der Waals surface area contributed by atoms with Crippen molar-refractivity contribution in [2.45, 2.75) is 6.92 Å². The molecule has 26 heavy (non-hydrogen) atoms. The molecule has 3 aromatic rings.